The highest BCUT2D eigenvalue weighted by atomic mass is 16.6. The summed E-state index contributed by atoms with van der Waals surface area (Å²) < 4.78 is 11.1. The molecular weight excluding hydrogens is 556 g/mol. The van der Waals surface area contributed by atoms with E-state index in [1.165, 1.54) is 70.6 Å². The summed E-state index contributed by atoms with van der Waals surface area (Å²) in [5.41, 5.74) is 0. The monoisotopic (exact) mass is 627 g/mol. The molecule has 0 saturated carbocycles. The van der Waals surface area contributed by atoms with Crippen LogP contribution in [0, 0.1) is 0 Å². The smallest absolute Gasteiger partial charge is 0.306 e. The molecule has 0 radical (unpaired) electrons. The Morgan fingerprint density at radius 1 is 0.533 bits per heavy atom. The van der Waals surface area contributed by atoms with Gasteiger partial charge in [-0.3, -0.25) is 4.79 Å². The highest BCUT2D eigenvalue weighted by Gasteiger charge is 2.13. The molecule has 0 heterocycles. The van der Waals surface area contributed by atoms with Gasteiger partial charge >= 0.3 is 5.97 Å². The van der Waals surface area contributed by atoms with Crippen molar-refractivity contribution in [3.05, 3.63) is 72.9 Å². The summed E-state index contributed by atoms with van der Waals surface area (Å²) >= 11 is 0. The van der Waals surface area contributed by atoms with Crippen LogP contribution in [0.15, 0.2) is 72.9 Å². The molecule has 0 aromatic heterocycles. The highest BCUT2D eigenvalue weighted by molar-refractivity contribution is 5.69. The van der Waals surface area contributed by atoms with Crippen LogP contribution in [0.25, 0.3) is 0 Å². The van der Waals surface area contributed by atoms with Gasteiger partial charge < -0.3 is 14.6 Å². The summed E-state index contributed by atoms with van der Waals surface area (Å²) in [7, 11) is 0. The van der Waals surface area contributed by atoms with Gasteiger partial charge in [0.2, 0.25) is 0 Å². The Kier molecular flexibility index (Phi) is 36.2. The van der Waals surface area contributed by atoms with Gasteiger partial charge in [0.25, 0.3) is 0 Å². The van der Waals surface area contributed by atoms with E-state index in [1.807, 2.05) is 0 Å². The van der Waals surface area contributed by atoms with Crippen molar-refractivity contribution in [2.24, 2.45) is 0 Å². The molecule has 1 unspecified atom stereocenters. The molecule has 4 nitrogen and oxygen atoms in total. The lowest BCUT2D eigenvalue weighted by Gasteiger charge is -2.15. The van der Waals surface area contributed by atoms with Crippen LogP contribution >= 0.6 is 0 Å². The molecular formula is C41H70O4. The van der Waals surface area contributed by atoms with Crippen LogP contribution in [0.3, 0.4) is 0 Å². The van der Waals surface area contributed by atoms with Crippen molar-refractivity contribution in [1.29, 1.82) is 0 Å². The third-order valence-electron chi connectivity index (χ3n) is 7.53. The fourth-order valence-electron chi connectivity index (χ4n) is 4.83. The van der Waals surface area contributed by atoms with Crippen LogP contribution in [0.1, 0.15) is 155 Å². The summed E-state index contributed by atoms with van der Waals surface area (Å²) in [6.07, 6.45) is 50.8. The number of unbranched alkanes of at least 4 members (excludes halogenated alkanes) is 13. The van der Waals surface area contributed by atoms with E-state index in [-0.39, 0.29) is 19.2 Å². The number of aliphatic hydroxyl groups excluding tert-OH is 1. The van der Waals surface area contributed by atoms with Gasteiger partial charge in [-0.05, 0) is 77.0 Å². The molecule has 0 bridgehead atoms. The van der Waals surface area contributed by atoms with Gasteiger partial charge in [0.1, 0.15) is 6.10 Å². The molecule has 0 aliphatic heterocycles. The zero-order valence-electron chi connectivity index (χ0n) is 29.4. The van der Waals surface area contributed by atoms with E-state index in [0.29, 0.717) is 13.0 Å². The number of carbonyl (C=O) groups is 1. The van der Waals surface area contributed by atoms with E-state index in [1.54, 1.807) is 0 Å². The molecule has 4 heteroatoms. The highest BCUT2D eigenvalue weighted by Crippen LogP contribution is 2.12. The van der Waals surface area contributed by atoms with E-state index in [4.69, 9.17) is 9.47 Å². The maximum absolute atomic E-state index is 12.2. The Morgan fingerprint density at radius 2 is 0.933 bits per heavy atom. The molecule has 0 aliphatic carbocycles. The van der Waals surface area contributed by atoms with Gasteiger partial charge in [-0.15, -0.1) is 0 Å². The molecule has 0 amide bonds. The molecule has 0 saturated heterocycles. The summed E-state index contributed by atoms with van der Waals surface area (Å²) in [5, 5.41) is 9.56. The fraction of sp³-hybridized carbons (Fsp3) is 0.683. The van der Waals surface area contributed by atoms with E-state index in [9.17, 15) is 9.90 Å². The van der Waals surface area contributed by atoms with Crippen molar-refractivity contribution in [3.8, 4) is 0 Å². The van der Waals surface area contributed by atoms with Crippen LogP contribution in [0.2, 0.25) is 0 Å². The van der Waals surface area contributed by atoms with Gasteiger partial charge in [-0.1, -0.05) is 145 Å². The van der Waals surface area contributed by atoms with E-state index in [2.05, 4.69) is 86.8 Å². The number of rotatable bonds is 33. The first-order valence-corrected chi connectivity index (χ1v) is 18.5. The standard InChI is InChI=1S/C41H70O4/c1-3-5-7-9-11-13-15-17-19-21-22-24-26-28-30-32-34-36-41(43)45-40(38-42)39-44-37-35-33-31-29-27-25-23-20-18-16-14-12-10-8-6-4-2/h5-8,11-14,17-20,40,42H,3-4,9-10,15-16,21-39H2,1-2H3/b7-5-,8-6-,13-11-,14-12-,19-17-,20-18-. The minimum Gasteiger partial charge on any atom is -0.457 e. The van der Waals surface area contributed by atoms with Crippen molar-refractivity contribution >= 4 is 5.97 Å². The van der Waals surface area contributed by atoms with Crippen LogP contribution in [-0.4, -0.2) is 37.0 Å². The number of hydrogen-bond donors (Lipinski definition) is 1. The summed E-state index contributed by atoms with van der Waals surface area (Å²) in [6.45, 7) is 5.07. The van der Waals surface area contributed by atoms with Gasteiger partial charge in [0.15, 0.2) is 0 Å². The predicted molar refractivity (Wildman–Crippen MR) is 196 cm³/mol. The topological polar surface area (TPSA) is 55.8 Å². The normalized spacial score (nSPS) is 13.2. The number of esters is 1. The first-order valence-electron chi connectivity index (χ1n) is 18.5. The van der Waals surface area contributed by atoms with E-state index in [0.717, 1.165) is 64.2 Å². The van der Waals surface area contributed by atoms with Crippen LogP contribution < -0.4 is 0 Å². The lowest BCUT2D eigenvalue weighted by molar-refractivity contribution is -0.154. The Balaban J connectivity index is 3.51. The minimum absolute atomic E-state index is 0.185. The molecule has 258 valence electrons. The maximum atomic E-state index is 12.2. The second-order valence-corrected chi connectivity index (χ2v) is 11.9. The van der Waals surface area contributed by atoms with Crippen LogP contribution in [-0.2, 0) is 14.3 Å². The van der Waals surface area contributed by atoms with E-state index >= 15 is 0 Å². The third-order valence-corrected chi connectivity index (χ3v) is 7.53. The number of allylic oxidation sites excluding steroid dienone is 12. The Bertz CT molecular complexity index is 789. The SMILES string of the molecule is CC/C=C\C/C=C\C/C=C\CCCCCCCCCC(=O)OC(CO)COCCCCCCCC/C=C\C/C=C\C/C=C\CC. The number of hydrogen-bond acceptors (Lipinski definition) is 4. The minimum atomic E-state index is -0.549. The molecule has 0 rings (SSSR count). The largest absolute Gasteiger partial charge is 0.457 e. The summed E-state index contributed by atoms with van der Waals surface area (Å²) in [4.78, 5) is 12.2. The Morgan fingerprint density at radius 3 is 1.40 bits per heavy atom. The molecule has 1 atom stereocenters. The zero-order valence-corrected chi connectivity index (χ0v) is 29.4. The van der Waals surface area contributed by atoms with Crippen LogP contribution in [0.4, 0.5) is 0 Å². The van der Waals surface area contributed by atoms with E-state index < -0.39 is 6.10 Å². The maximum Gasteiger partial charge on any atom is 0.306 e. The summed E-state index contributed by atoms with van der Waals surface area (Å²) in [6, 6.07) is 0. The second-order valence-electron chi connectivity index (χ2n) is 11.9. The van der Waals surface area contributed by atoms with Crippen molar-refractivity contribution < 1.29 is 19.4 Å². The predicted octanol–water partition coefficient (Wildman–Crippen LogP) is 11.9. The van der Waals surface area contributed by atoms with Gasteiger partial charge in [-0.2, -0.15) is 0 Å². The second kappa shape index (κ2) is 38.0. The molecule has 0 fully saturated rings. The molecule has 0 aliphatic rings. The lowest BCUT2D eigenvalue weighted by Crippen LogP contribution is -2.27. The van der Waals surface area contributed by atoms with Crippen molar-refractivity contribution in [2.45, 2.75) is 161 Å². The average molecular weight is 627 g/mol. The first kappa shape index (κ1) is 42.8. The van der Waals surface area contributed by atoms with Crippen LogP contribution in [0.5, 0.6) is 0 Å². The average Bonchev–Trinajstić information content (AvgIpc) is 3.05. The summed E-state index contributed by atoms with van der Waals surface area (Å²) in [5.74, 6) is -0.220. The number of ether oxygens (including phenoxy) is 2. The first-order chi connectivity index (χ1) is 22.2. The third kappa shape index (κ3) is 36.2. The lowest BCUT2D eigenvalue weighted by atomic mass is 10.1. The molecule has 0 aromatic rings. The molecule has 1 N–H and O–H groups in total. The van der Waals surface area contributed by atoms with Gasteiger partial charge in [0.05, 0.1) is 13.2 Å². The van der Waals surface area contributed by atoms with Crippen molar-refractivity contribution in [2.75, 3.05) is 19.8 Å². The number of aliphatic hydroxyl groups is 1. The zero-order chi connectivity index (χ0) is 32.7. The van der Waals surface area contributed by atoms with Crippen molar-refractivity contribution in [3.63, 3.8) is 0 Å². The van der Waals surface area contributed by atoms with Gasteiger partial charge in [0, 0.05) is 13.0 Å². The molecule has 45 heavy (non-hydrogen) atoms. The number of carbonyl (C=O) groups excluding carboxylic acids is 1. The Hall–Kier alpha value is -2.17. The quantitative estimate of drug-likeness (QED) is 0.0447. The fourth-order valence-corrected chi connectivity index (χ4v) is 4.83. The van der Waals surface area contributed by atoms with Gasteiger partial charge in [-0.25, -0.2) is 0 Å². The van der Waals surface area contributed by atoms with Crippen molar-refractivity contribution in [1.82, 2.24) is 0 Å². The molecule has 0 spiro atoms. The Labute approximate surface area is 278 Å². The molecule has 0 aromatic carbocycles.